The van der Waals surface area contributed by atoms with Crippen LogP contribution in [0, 0.1) is 0 Å². The molecule has 6 heteroatoms. The standard InChI is InChI=1S/C12H14F3N3/c13-12(14,15)4-7-18-8-9(3-5-16)10-2-1-6-17-11(10)18/h1-2,6,8H,3-5,7,16H2. The second-order valence-corrected chi connectivity index (χ2v) is 4.13. The molecular formula is C12H14F3N3. The van der Waals surface area contributed by atoms with Crippen LogP contribution in [0.5, 0.6) is 0 Å². The number of nitrogens with zero attached hydrogens (tertiary/aromatic N) is 2. The van der Waals surface area contributed by atoms with E-state index in [2.05, 4.69) is 4.98 Å². The Morgan fingerprint density at radius 3 is 2.78 bits per heavy atom. The van der Waals surface area contributed by atoms with Crippen LogP contribution in [-0.2, 0) is 13.0 Å². The minimum Gasteiger partial charge on any atom is -0.332 e. The molecule has 0 radical (unpaired) electrons. The van der Waals surface area contributed by atoms with Crippen molar-refractivity contribution in [3.63, 3.8) is 0 Å². The van der Waals surface area contributed by atoms with Crippen molar-refractivity contribution in [2.24, 2.45) is 5.73 Å². The topological polar surface area (TPSA) is 43.8 Å². The van der Waals surface area contributed by atoms with Crippen LogP contribution >= 0.6 is 0 Å². The number of halogens is 3. The van der Waals surface area contributed by atoms with Gasteiger partial charge in [0.15, 0.2) is 0 Å². The van der Waals surface area contributed by atoms with E-state index in [1.165, 1.54) is 0 Å². The highest BCUT2D eigenvalue weighted by Gasteiger charge is 2.27. The Kier molecular flexibility index (Phi) is 3.56. The lowest BCUT2D eigenvalue weighted by atomic mass is 10.2. The molecule has 2 heterocycles. The molecule has 0 unspecified atom stereocenters. The fourth-order valence-electron chi connectivity index (χ4n) is 1.97. The lowest BCUT2D eigenvalue weighted by molar-refractivity contribution is -0.136. The third kappa shape index (κ3) is 2.81. The summed E-state index contributed by atoms with van der Waals surface area (Å²) in [6, 6.07) is 3.63. The molecule has 2 aromatic rings. The lowest BCUT2D eigenvalue weighted by Crippen LogP contribution is -2.12. The zero-order valence-electron chi connectivity index (χ0n) is 9.74. The first kappa shape index (κ1) is 12.9. The van der Waals surface area contributed by atoms with E-state index in [4.69, 9.17) is 5.73 Å². The number of hydrogen-bond donors (Lipinski definition) is 1. The van der Waals surface area contributed by atoms with Gasteiger partial charge in [0.2, 0.25) is 0 Å². The minimum atomic E-state index is -4.15. The van der Waals surface area contributed by atoms with Crippen LogP contribution in [0.25, 0.3) is 11.0 Å². The lowest BCUT2D eigenvalue weighted by Gasteiger charge is -2.07. The first-order valence-corrected chi connectivity index (χ1v) is 5.71. The molecule has 0 aliphatic rings. The van der Waals surface area contributed by atoms with Crippen LogP contribution in [0.1, 0.15) is 12.0 Å². The molecule has 0 bridgehead atoms. The van der Waals surface area contributed by atoms with E-state index in [1.807, 2.05) is 6.07 Å². The maximum absolute atomic E-state index is 12.2. The highest BCUT2D eigenvalue weighted by atomic mass is 19.4. The van der Waals surface area contributed by atoms with Crippen molar-refractivity contribution >= 4 is 11.0 Å². The Morgan fingerprint density at radius 2 is 2.11 bits per heavy atom. The van der Waals surface area contributed by atoms with Crippen LogP contribution in [0.2, 0.25) is 0 Å². The number of aryl methyl sites for hydroxylation is 1. The van der Waals surface area contributed by atoms with E-state index >= 15 is 0 Å². The SMILES string of the molecule is NCCc1cn(CCC(F)(F)F)c2ncccc12. The minimum absolute atomic E-state index is 0.110. The molecule has 0 saturated carbocycles. The van der Waals surface area contributed by atoms with Gasteiger partial charge in [0.05, 0.1) is 6.42 Å². The highest BCUT2D eigenvalue weighted by molar-refractivity contribution is 5.80. The van der Waals surface area contributed by atoms with E-state index in [0.717, 1.165) is 10.9 Å². The molecule has 0 spiro atoms. The monoisotopic (exact) mass is 257 g/mol. The zero-order valence-corrected chi connectivity index (χ0v) is 9.74. The van der Waals surface area contributed by atoms with Gasteiger partial charge in [-0.05, 0) is 30.7 Å². The fraction of sp³-hybridized carbons (Fsp3) is 0.417. The summed E-state index contributed by atoms with van der Waals surface area (Å²) in [6.07, 6.45) is -1.06. The summed E-state index contributed by atoms with van der Waals surface area (Å²) < 4.78 is 38.3. The molecule has 2 N–H and O–H groups in total. The number of rotatable bonds is 4. The molecule has 0 amide bonds. The van der Waals surface area contributed by atoms with Crippen molar-refractivity contribution in [1.82, 2.24) is 9.55 Å². The zero-order chi connectivity index (χ0) is 13.2. The smallest absolute Gasteiger partial charge is 0.332 e. The molecule has 0 aliphatic heterocycles. The van der Waals surface area contributed by atoms with Crippen LogP contribution < -0.4 is 5.73 Å². The Labute approximate surface area is 102 Å². The van der Waals surface area contributed by atoms with Crippen molar-refractivity contribution in [3.05, 3.63) is 30.1 Å². The predicted molar refractivity (Wildman–Crippen MR) is 63.2 cm³/mol. The second kappa shape index (κ2) is 4.97. The van der Waals surface area contributed by atoms with Crippen LogP contribution in [0.3, 0.4) is 0 Å². The van der Waals surface area contributed by atoms with E-state index in [9.17, 15) is 13.2 Å². The molecule has 0 aliphatic carbocycles. The molecule has 2 aromatic heterocycles. The number of alkyl halides is 3. The average molecular weight is 257 g/mol. The molecule has 0 atom stereocenters. The Balaban J connectivity index is 2.32. The van der Waals surface area contributed by atoms with Crippen LogP contribution in [-0.4, -0.2) is 22.3 Å². The third-order valence-corrected chi connectivity index (χ3v) is 2.77. The number of aromatic nitrogens is 2. The van der Waals surface area contributed by atoms with Gasteiger partial charge in [0.1, 0.15) is 5.65 Å². The molecule has 3 nitrogen and oxygen atoms in total. The summed E-state index contributed by atoms with van der Waals surface area (Å²) in [5.74, 6) is 0. The van der Waals surface area contributed by atoms with Gasteiger partial charge in [-0.3, -0.25) is 0 Å². The first-order valence-electron chi connectivity index (χ1n) is 5.71. The summed E-state index contributed by atoms with van der Waals surface area (Å²) in [7, 11) is 0. The van der Waals surface area contributed by atoms with Crippen molar-refractivity contribution in [3.8, 4) is 0 Å². The Bertz CT molecular complexity index is 531. The van der Waals surface area contributed by atoms with E-state index in [1.54, 1.807) is 23.0 Å². The molecule has 2 rings (SSSR count). The Hall–Kier alpha value is -1.56. The molecule has 0 saturated heterocycles. The summed E-state index contributed by atoms with van der Waals surface area (Å²) >= 11 is 0. The van der Waals surface area contributed by atoms with E-state index in [-0.39, 0.29) is 6.54 Å². The van der Waals surface area contributed by atoms with Gasteiger partial charge in [-0.25, -0.2) is 4.98 Å². The van der Waals surface area contributed by atoms with Crippen LogP contribution in [0.15, 0.2) is 24.5 Å². The fourth-order valence-corrected chi connectivity index (χ4v) is 1.97. The van der Waals surface area contributed by atoms with E-state index in [0.29, 0.717) is 18.6 Å². The summed E-state index contributed by atoms with van der Waals surface area (Å²) in [4.78, 5) is 4.14. The number of pyridine rings is 1. The molecule has 0 fully saturated rings. The number of fused-ring (bicyclic) bond motifs is 1. The first-order chi connectivity index (χ1) is 8.51. The maximum Gasteiger partial charge on any atom is 0.390 e. The van der Waals surface area contributed by atoms with Gasteiger partial charge in [0.25, 0.3) is 0 Å². The van der Waals surface area contributed by atoms with Crippen LogP contribution in [0.4, 0.5) is 13.2 Å². The molecule has 0 aromatic carbocycles. The normalized spacial score (nSPS) is 12.2. The molecule has 98 valence electrons. The van der Waals surface area contributed by atoms with Gasteiger partial charge < -0.3 is 10.3 Å². The largest absolute Gasteiger partial charge is 0.390 e. The van der Waals surface area contributed by atoms with Crippen molar-refractivity contribution in [2.75, 3.05) is 6.54 Å². The molecular weight excluding hydrogens is 243 g/mol. The maximum atomic E-state index is 12.2. The summed E-state index contributed by atoms with van der Waals surface area (Å²) in [5, 5.41) is 0.880. The van der Waals surface area contributed by atoms with E-state index < -0.39 is 12.6 Å². The number of hydrogen-bond acceptors (Lipinski definition) is 2. The quantitative estimate of drug-likeness (QED) is 0.914. The third-order valence-electron chi connectivity index (χ3n) is 2.77. The van der Waals surface area contributed by atoms with Crippen molar-refractivity contribution < 1.29 is 13.2 Å². The molecule has 18 heavy (non-hydrogen) atoms. The van der Waals surface area contributed by atoms with Gasteiger partial charge >= 0.3 is 6.18 Å². The Morgan fingerprint density at radius 1 is 1.33 bits per heavy atom. The van der Waals surface area contributed by atoms with Crippen molar-refractivity contribution in [1.29, 1.82) is 0 Å². The average Bonchev–Trinajstić information content (AvgIpc) is 2.65. The second-order valence-electron chi connectivity index (χ2n) is 4.13. The van der Waals surface area contributed by atoms with Crippen molar-refractivity contribution in [2.45, 2.75) is 25.6 Å². The van der Waals surface area contributed by atoms with Gasteiger partial charge in [0, 0.05) is 24.3 Å². The van der Waals surface area contributed by atoms with Gasteiger partial charge in [-0.2, -0.15) is 13.2 Å². The number of nitrogens with two attached hydrogens (primary N) is 1. The summed E-state index contributed by atoms with van der Waals surface area (Å²) in [6.45, 7) is 0.356. The van der Waals surface area contributed by atoms with Gasteiger partial charge in [-0.1, -0.05) is 0 Å². The highest BCUT2D eigenvalue weighted by Crippen LogP contribution is 2.24. The van der Waals surface area contributed by atoms with Gasteiger partial charge in [-0.15, -0.1) is 0 Å². The predicted octanol–water partition coefficient (Wildman–Crippen LogP) is 2.49. The summed E-state index contributed by atoms with van der Waals surface area (Å²) in [5.41, 5.74) is 7.03.